The van der Waals surface area contributed by atoms with Crippen molar-refractivity contribution in [2.24, 2.45) is 0 Å². The smallest absolute Gasteiger partial charge is 0.224 e. The van der Waals surface area contributed by atoms with Gasteiger partial charge >= 0.3 is 0 Å². The number of carbonyl (C=O) groups excluding carboxylic acids is 1. The summed E-state index contributed by atoms with van der Waals surface area (Å²) in [7, 11) is 0. The molecule has 1 amide bonds. The summed E-state index contributed by atoms with van der Waals surface area (Å²) >= 11 is 0. The van der Waals surface area contributed by atoms with Crippen LogP contribution in [0.5, 0.6) is 0 Å². The molecule has 0 saturated carbocycles. The first-order chi connectivity index (χ1) is 10.2. The minimum Gasteiger partial charge on any atom is -0.369 e. The van der Waals surface area contributed by atoms with Crippen molar-refractivity contribution in [3.63, 3.8) is 0 Å². The first-order valence-electron chi connectivity index (χ1n) is 7.80. The van der Waals surface area contributed by atoms with Crippen molar-refractivity contribution < 1.29 is 4.79 Å². The van der Waals surface area contributed by atoms with Crippen molar-refractivity contribution in [3.8, 4) is 0 Å². The van der Waals surface area contributed by atoms with E-state index >= 15 is 0 Å². The third-order valence-corrected chi connectivity index (χ3v) is 3.59. The molecule has 6 nitrogen and oxygen atoms in total. The van der Waals surface area contributed by atoms with Gasteiger partial charge in [-0.05, 0) is 26.2 Å². The Morgan fingerprint density at radius 1 is 1.29 bits per heavy atom. The second kappa shape index (κ2) is 7.81. The average molecular weight is 291 g/mol. The number of hydrogen-bond acceptors (Lipinski definition) is 5. The second-order valence-electron chi connectivity index (χ2n) is 5.42. The molecule has 0 radical (unpaired) electrons. The van der Waals surface area contributed by atoms with Crippen molar-refractivity contribution in [2.45, 2.75) is 39.5 Å². The fourth-order valence-electron chi connectivity index (χ4n) is 2.36. The molecule has 1 saturated heterocycles. The van der Waals surface area contributed by atoms with Crippen LogP contribution in [0.4, 0.5) is 11.8 Å². The highest BCUT2D eigenvalue weighted by Gasteiger charge is 2.17. The predicted molar refractivity (Wildman–Crippen MR) is 84.5 cm³/mol. The van der Waals surface area contributed by atoms with E-state index in [2.05, 4.69) is 27.5 Å². The Balaban J connectivity index is 1.82. The zero-order chi connectivity index (χ0) is 15.1. The fourth-order valence-corrected chi connectivity index (χ4v) is 2.36. The lowest BCUT2D eigenvalue weighted by Gasteiger charge is -2.16. The maximum absolute atomic E-state index is 12.0. The Bertz CT molecular complexity index is 471. The van der Waals surface area contributed by atoms with Crippen LogP contribution in [0.2, 0.25) is 0 Å². The normalized spacial score (nSPS) is 14.3. The quantitative estimate of drug-likeness (QED) is 0.804. The Hall–Kier alpha value is -1.85. The number of anilines is 2. The number of carbonyl (C=O) groups is 1. The molecule has 0 spiro atoms. The number of likely N-dealkylation sites (tertiary alicyclic amines) is 1. The zero-order valence-electron chi connectivity index (χ0n) is 13.0. The Kier molecular flexibility index (Phi) is 5.78. The minimum atomic E-state index is 0.232. The van der Waals surface area contributed by atoms with Gasteiger partial charge in [-0.3, -0.25) is 4.79 Å². The molecule has 0 aliphatic carbocycles. The van der Waals surface area contributed by atoms with Crippen LogP contribution in [0.25, 0.3) is 0 Å². The lowest BCUT2D eigenvalue weighted by Crippen LogP contribution is -2.29. The van der Waals surface area contributed by atoms with Gasteiger partial charge in [-0.2, -0.15) is 4.98 Å². The van der Waals surface area contributed by atoms with E-state index in [9.17, 15) is 4.79 Å². The molecule has 2 heterocycles. The van der Waals surface area contributed by atoms with E-state index in [1.807, 2.05) is 11.8 Å². The summed E-state index contributed by atoms with van der Waals surface area (Å²) in [6.07, 6.45) is 5.62. The summed E-state index contributed by atoms with van der Waals surface area (Å²) in [4.78, 5) is 22.6. The van der Waals surface area contributed by atoms with Gasteiger partial charge in [0.25, 0.3) is 0 Å². The SMILES string of the molecule is CCCNc1ncc(C)c(NCCC(=O)N2CCCC2)n1. The van der Waals surface area contributed by atoms with E-state index in [0.29, 0.717) is 18.9 Å². The van der Waals surface area contributed by atoms with Crippen molar-refractivity contribution in [1.82, 2.24) is 14.9 Å². The third-order valence-electron chi connectivity index (χ3n) is 3.59. The van der Waals surface area contributed by atoms with E-state index in [4.69, 9.17) is 0 Å². The van der Waals surface area contributed by atoms with Crippen LogP contribution < -0.4 is 10.6 Å². The van der Waals surface area contributed by atoms with Gasteiger partial charge in [0.15, 0.2) is 0 Å². The molecular formula is C15H25N5O. The summed E-state index contributed by atoms with van der Waals surface area (Å²) in [5.74, 6) is 1.67. The first-order valence-corrected chi connectivity index (χ1v) is 7.80. The van der Waals surface area contributed by atoms with Gasteiger partial charge in [0.1, 0.15) is 5.82 Å². The Morgan fingerprint density at radius 3 is 2.76 bits per heavy atom. The maximum Gasteiger partial charge on any atom is 0.224 e. The summed E-state index contributed by atoms with van der Waals surface area (Å²) < 4.78 is 0. The highest BCUT2D eigenvalue weighted by atomic mass is 16.2. The van der Waals surface area contributed by atoms with E-state index in [1.54, 1.807) is 6.20 Å². The molecule has 1 aromatic heterocycles. The molecule has 2 rings (SSSR count). The molecule has 21 heavy (non-hydrogen) atoms. The average Bonchev–Trinajstić information content (AvgIpc) is 3.02. The van der Waals surface area contributed by atoms with E-state index in [1.165, 1.54) is 0 Å². The van der Waals surface area contributed by atoms with Gasteiger partial charge in [-0.15, -0.1) is 0 Å². The molecule has 0 atom stereocenters. The number of nitrogens with one attached hydrogen (secondary N) is 2. The molecule has 1 fully saturated rings. The highest BCUT2D eigenvalue weighted by molar-refractivity contribution is 5.77. The lowest BCUT2D eigenvalue weighted by molar-refractivity contribution is -0.129. The van der Waals surface area contributed by atoms with E-state index in [0.717, 1.165) is 50.3 Å². The number of amides is 1. The topological polar surface area (TPSA) is 70.2 Å². The summed E-state index contributed by atoms with van der Waals surface area (Å²) in [6, 6.07) is 0. The largest absolute Gasteiger partial charge is 0.369 e. The van der Waals surface area contributed by atoms with Crippen molar-refractivity contribution in [3.05, 3.63) is 11.8 Å². The number of nitrogens with zero attached hydrogens (tertiary/aromatic N) is 3. The molecule has 0 unspecified atom stereocenters. The molecule has 0 bridgehead atoms. The molecule has 116 valence electrons. The molecule has 6 heteroatoms. The van der Waals surface area contributed by atoms with Crippen LogP contribution in [0, 0.1) is 6.92 Å². The summed E-state index contributed by atoms with van der Waals surface area (Å²) in [5, 5.41) is 6.41. The standard InChI is InChI=1S/C15H25N5O/c1-3-7-17-15-18-11-12(2)14(19-15)16-8-6-13(21)20-9-4-5-10-20/h11H,3-10H2,1-2H3,(H2,16,17,18,19). The van der Waals surface area contributed by atoms with Crippen molar-refractivity contribution in [1.29, 1.82) is 0 Å². The fraction of sp³-hybridized carbons (Fsp3) is 0.667. The van der Waals surface area contributed by atoms with Gasteiger partial charge in [-0.25, -0.2) is 4.98 Å². The minimum absolute atomic E-state index is 0.232. The number of aromatic nitrogens is 2. The van der Waals surface area contributed by atoms with Crippen LogP contribution in [0.1, 0.15) is 38.2 Å². The van der Waals surface area contributed by atoms with Gasteiger partial charge in [0, 0.05) is 44.4 Å². The molecule has 1 aliphatic heterocycles. The van der Waals surface area contributed by atoms with Crippen LogP contribution in [0.3, 0.4) is 0 Å². The van der Waals surface area contributed by atoms with Crippen LogP contribution in [-0.4, -0.2) is 47.0 Å². The summed E-state index contributed by atoms with van der Waals surface area (Å²) in [5.41, 5.74) is 0.991. The molecule has 1 aliphatic rings. The number of hydrogen-bond donors (Lipinski definition) is 2. The van der Waals surface area contributed by atoms with Crippen LogP contribution in [0.15, 0.2) is 6.20 Å². The molecule has 0 aromatic carbocycles. The maximum atomic E-state index is 12.0. The lowest BCUT2D eigenvalue weighted by atomic mass is 10.3. The Morgan fingerprint density at radius 2 is 2.05 bits per heavy atom. The van der Waals surface area contributed by atoms with Gasteiger partial charge in [-0.1, -0.05) is 6.92 Å². The monoisotopic (exact) mass is 291 g/mol. The van der Waals surface area contributed by atoms with E-state index in [-0.39, 0.29) is 5.91 Å². The van der Waals surface area contributed by atoms with Crippen molar-refractivity contribution >= 4 is 17.7 Å². The molecule has 2 N–H and O–H groups in total. The second-order valence-corrected chi connectivity index (χ2v) is 5.42. The summed E-state index contributed by atoms with van der Waals surface area (Å²) in [6.45, 7) is 7.36. The van der Waals surface area contributed by atoms with E-state index < -0.39 is 0 Å². The van der Waals surface area contributed by atoms with Gasteiger partial charge in [0.2, 0.25) is 11.9 Å². The zero-order valence-corrected chi connectivity index (χ0v) is 13.0. The number of rotatable bonds is 7. The van der Waals surface area contributed by atoms with Crippen LogP contribution in [-0.2, 0) is 4.79 Å². The molecular weight excluding hydrogens is 266 g/mol. The van der Waals surface area contributed by atoms with Crippen LogP contribution >= 0.6 is 0 Å². The first kappa shape index (κ1) is 15.5. The van der Waals surface area contributed by atoms with Crippen molar-refractivity contribution in [2.75, 3.05) is 36.8 Å². The van der Waals surface area contributed by atoms with Gasteiger partial charge < -0.3 is 15.5 Å². The molecule has 1 aromatic rings. The van der Waals surface area contributed by atoms with Gasteiger partial charge in [0.05, 0.1) is 0 Å². The highest BCUT2D eigenvalue weighted by Crippen LogP contribution is 2.13. The number of aryl methyl sites for hydroxylation is 1. The predicted octanol–water partition coefficient (Wildman–Crippen LogP) is 2.03. The Labute approximate surface area is 126 Å². The third kappa shape index (κ3) is 4.58.